The van der Waals surface area contributed by atoms with Gasteiger partial charge in [0.25, 0.3) is 0 Å². The molecule has 5 heteroatoms. The molecule has 0 aliphatic carbocycles. The highest BCUT2D eigenvalue weighted by Crippen LogP contribution is 2.45. The Balaban J connectivity index is 1.98. The van der Waals surface area contributed by atoms with Gasteiger partial charge in [0.15, 0.2) is 0 Å². The Kier molecular flexibility index (Phi) is 2.79. The van der Waals surface area contributed by atoms with Crippen molar-refractivity contribution in [3.63, 3.8) is 0 Å². The van der Waals surface area contributed by atoms with Crippen LogP contribution in [0.25, 0.3) is 0 Å². The van der Waals surface area contributed by atoms with E-state index in [4.69, 9.17) is 0 Å². The van der Waals surface area contributed by atoms with Gasteiger partial charge in [-0.05, 0) is 44.2 Å². The summed E-state index contributed by atoms with van der Waals surface area (Å²) >= 11 is 0. The molecule has 0 aromatic carbocycles. The summed E-state index contributed by atoms with van der Waals surface area (Å²) in [6.07, 6.45) is 3.94. The zero-order valence-corrected chi connectivity index (χ0v) is 11.0. The summed E-state index contributed by atoms with van der Waals surface area (Å²) in [4.78, 5) is 4.07. The van der Waals surface area contributed by atoms with Crippen molar-refractivity contribution in [1.82, 2.24) is 4.98 Å². The molecule has 3 nitrogen and oxygen atoms in total. The molecule has 0 amide bonds. The number of aliphatic hydroxyl groups is 1. The van der Waals surface area contributed by atoms with Gasteiger partial charge in [0.05, 0.1) is 11.9 Å². The van der Waals surface area contributed by atoms with E-state index >= 15 is 0 Å². The maximum absolute atomic E-state index is 13.1. The van der Waals surface area contributed by atoms with E-state index < -0.39 is 16.4 Å². The zero-order valence-electron chi connectivity index (χ0n) is 10.2. The molecule has 3 rings (SSSR count). The highest BCUT2D eigenvalue weighted by molar-refractivity contribution is 7.86. The predicted molar refractivity (Wildman–Crippen MR) is 67.0 cm³/mol. The second-order valence-electron chi connectivity index (χ2n) is 5.41. The molecule has 2 unspecified atom stereocenters. The van der Waals surface area contributed by atoms with Crippen LogP contribution in [0.5, 0.6) is 0 Å². The van der Waals surface area contributed by atoms with Crippen molar-refractivity contribution in [2.75, 3.05) is 0 Å². The molecular formula is C13H16FNO2S. The van der Waals surface area contributed by atoms with Crippen molar-refractivity contribution in [2.24, 2.45) is 0 Å². The molecule has 0 spiro atoms. The molecule has 98 valence electrons. The standard InChI is InChI=1S/C13H16FNO2S/c1-8-4-9(14)7-15-12(8)13(16)5-10-2-3-11(6-13)18(10)17/h4,7,10-11,16H,2-3,5-6H2,1H3. The molecular weight excluding hydrogens is 253 g/mol. The van der Waals surface area contributed by atoms with E-state index in [0.717, 1.165) is 19.0 Å². The molecule has 2 saturated heterocycles. The second-order valence-corrected chi connectivity index (χ2v) is 7.40. The number of aromatic nitrogens is 1. The topological polar surface area (TPSA) is 50.2 Å². The van der Waals surface area contributed by atoms with Crippen molar-refractivity contribution >= 4 is 10.8 Å². The minimum Gasteiger partial charge on any atom is -0.383 e. The Morgan fingerprint density at radius 3 is 2.61 bits per heavy atom. The highest BCUT2D eigenvalue weighted by Gasteiger charge is 2.49. The van der Waals surface area contributed by atoms with Crippen LogP contribution in [0.2, 0.25) is 0 Å². The summed E-state index contributed by atoms with van der Waals surface area (Å²) < 4.78 is 25.0. The number of fused-ring (bicyclic) bond motifs is 2. The Hall–Kier alpha value is -0.810. The minimum absolute atomic E-state index is 0.0694. The highest BCUT2D eigenvalue weighted by atomic mass is 32.2. The fourth-order valence-corrected chi connectivity index (χ4v) is 5.46. The maximum Gasteiger partial charge on any atom is 0.141 e. The Morgan fingerprint density at radius 1 is 1.44 bits per heavy atom. The number of hydrogen-bond acceptors (Lipinski definition) is 3. The van der Waals surface area contributed by atoms with Crippen LogP contribution in [-0.4, -0.2) is 24.8 Å². The second kappa shape index (κ2) is 4.10. The van der Waals surface area contributed by atoms with Gasteiger partial charge in [0, 0.05) is 21.3 Å². The molecule has 3 heterocycles. The molecule has 18 heavy (non-hydrogen) atoms. The third kappa shape index (κ3) is 1.80. The van der Waals surface area contributed by atoms with Crippen molar-refractivity contribution in [3.8, 4) is 0 Å². The van der Waals surface area contributed by atoms with Crippen molar-refractivity contribution in [3.05, 3.63) is 29.3 Å². The van der Waals surface area contributed by atoms with Crippen LogP contribution in [0.15, 0.2) is 12.3 Å². The average Bonchev–Trinajstić information content (AvgIpc) is 2.53. The first-order valence-corrected chi connectivity index (χ1v) is 7.51. The molecule has 2 aliphatic heterocycles. The first kappa shape index (κ1) is 12.2. The van der Waals surface area contributed by atoms with Gasteiger partial charge in [0.2, 0.25) is 0 Å². The van der Waals surface area contributed by atoms with Gasteiger partial charge in [-0.3, -0.25) is 9.19 Å². The largest absolute Gasteiger partial charge is 0.383 e. The third-order valence-electron chi connectivity index (χ3n) is 4.08. The number of halogens is 1. The van der Waals surface area contributed by atoms with Crippen LogP contribution in [0.4, 0.5) is 4.39 Å². The van der Waals surface area contributed by atoms with Gasteiger partial charge in [-0.2, -0.15) is 0 Å². The average molecular weight is 269 g/mol. The van der Waals surface area contributed by atoms with Gasteiger partial charge >= 0.3 is 0 Å². The van der Waals surface area contributed by atoms with Crippen LogP contribution in [-0.2, 0) is 16.4 Å². The Bertz CT molecular complexity index is 504. The summed E-state index contributed by atoms with van der Waals surface area (Å²) in [5.74, 6) is -0.387. The fourth-order valence-electron chi connectivity index (χ4n) is 3.30. The van der Waals surface area contributed by atoms with Gasteiger partial charge < -0.3 is 5.11 Å². The zero-order chi connectivity index (χ0) is 12.9. The monoisotopic (exact) mass is 269 g/mol. The van der Waals surface area contributed by atoms with E-state index in [0.29, 0.717) is 24.1 Å². The lowest BCUT2D eigenvalue weighted by atomic mass is 9.87. The summed E-state index contributed by atoms with van der Waals surface area (Å²) in [7, 11) is -0.812. The number of hydrogen-bond donors (Lipinski definition) is 1. The molecule has 0 saturated carbocycles. The molecule has 2 bridgehead atoms. The van der Waals surface area contributed by atoms with Crippen molar-refractivity contribution in [1.29, 1.82) is 0 Å². The SMILES string of the molecule is Cc1cc(F)cnc1C1(O)CC2CCC(C1)S2=O. The molecule has 0 radical (unpaired) electrons. The molecule has 2 atom stereocenters. The summed E-state index contributed by atoms with van der Waals surface area (Å²) in [5.41, 5.74) is 0.194. The number of nitrogens with zero attached hydrogens (tertiary/aromatic N) is 1. The summed E-state index contributed by atoms with van der Waals surface area (Å²) in [6.45, 7) is 1.76. The lowest BCUT2D eigenvalue weighted by molar-refractivity contribution is 0.0134. The number of rotatable bonds is 1. The Morgan fingerprint density at radius 2 is 2.06 bits per heavy atom. The van der Waals surface area contributed by atoms with Crippen molar-refractivity contribution in [2.45, 2.75) is 48.7 Å². The Labute approximate surface area is 108 Å². The van der Waals surface area contributed by atoms with Gasteiger partial charge in [-0.1, -0.05) is 0 Å². The lowest BCUT2D eigenvalue weighted by Crippen LogP contribution is -2.41. The first-order valence-electron chi connectivity index (χ1n) is 6.24. The fraction of sp³-hybridized carbons (Fsp3) is 0.615. The molecule has 1 aromatic rings. The first-order chi connectivity index (χ1) is 8.49. The maximum atomic E-state index is 13.1. The van der Waals surface area contributed by atoms with Crippen molar-refractivity contribution < 1.29 is 13.7 Å². The quantitative estimate of drug-likeness (QED) is 0.845. The summed E-state index contributed by atoms with van der Waals surface area (Å²) in [6, 6.07) is 1.40. The lowest BCUT2D eigenvalue weighted by Gasteiger charge is -2.36. The van der Waals surface area contributed by atoms with E-state index in [2.05, 4.69) is 4.98 Å². The summed E-state index contributed by atoms with van der Waals surface area (Å²) in [5, 5.41) is 10.9. The van der Waals surface area contributed by atoms with E-state index in [1.165, 1.54) is 6.07 Å². The van der Waals surface area contributed by atoms with E-state index in [1.54, 1.807) is 6.92 Å². The van der Waals surface area contributed by atoms with E-state index in [1.807, 2.05) is 0 Å². The third-order valence-corrected chi connectivity index (χ3v) is 6.20. The van der Waals surface area contributed by atoms with Gasteiger partial charge in [0.1, 0.15) is 11.4 Å². The molecule has 1 N–H and O–H groups in total. The van der Waals surface area contributed by atoms with Crippen LogP contribution in [0.1, 0.15) is 36.9 Å². The smallest absolute Gasteiger partial charge is 0.141 e. The molecule has 2 fully saturated rings. The van der Waals surface area contributed by atoms with Crippen LogP contribution < -0.4 is 0 Å². The normalized spacial score (nSPS) is 38.9. The van der Waals surface area contributed by atoms with Gasteiger partial charge in [-0.25, -0.2) is 4.39 Å². The van der Waals surface area contributed by atoms with Crippen LogP contribution in [0.3, 0.4) is 0 Å². The number of pyridine rings is 1. The van der Waals surface area contributed by atoms with E-state index in [9.17, 15) is 13.7 Å². The van der Waals surface area contributed by atoms with Crippen LogP contribution >= 0.6 is 0 Å². The van der Waals surface area contributed by atoms with Crippen LogP contribution in [0, 0.1) is 12.7 Å². The predicted octanol–water partition coefficient (Wildman–Crippen LogP) is 1.79. The van der Waals surface area contributed by atoms with Gasteiger partial charge in [-0.15, -0.1) is 0 Å². The minimum atomic E-state index is -1.03. The molecule has 1 aromatic heterocycles. The number of aryl methyl sites for hydroxylation is 1. The molecule has 2 aliphatic rings. The van der Waals surface area contributed by atoms with E-state index in [-0.39, 0.29) is 16.3 Å².